The standard InChI is InChI=1S/C18H19BrN2O/c1-4-15(13-8-6-5-7-9-13)17(18(22)21(2)3)16-11-10-14(19)12-20-16/h4-12,15,17H,1H2,2-3H3/t15-,17-/m0/s1. The highest BCUT2D eigenvalue weighted by Crippen LogP contribution is 2.34. The summed E-state index contributed by atoms with van der Waals surface area (Å²) in [5, 5.41) is 0. The molecule has 2 rings (SSSR count). The van der Waals surface area contributed by atoms with Gasteiger partial charge in [-0.3, -0.25) is 9.78 Å². The van der Waals surface area contributed by atoms with Crippen LogP contribution in [0.15, 0.2) is 65.8 Å². The first-order chi connectivity index (χ1) is 10.5. The van der Waals surface area contributed by atoms with E-state index in [2.05, 4.69) is 27.5 Å². The van der Waals surface area contributed by atoms with Crippen LogP contribution in [-0.2, 0) is 4.79 Å². The lowest BCUT2D eigenvalue weighted by Gasteiger charge is -2.26. The van der Waals surface area contributed by atoms with E-state index in [1.807, 2.05) is 48.5 Å². The Morgan fingerprint density at radius 1 is 1.23 bits per heavy atom. The van der Waals surface area contributed by atoms with E-state index >= 15 is 0 Å². The summed E-state index contributed by atoms with van der Waals surface area (Å²) in [7, 11) is 3.53. The molecule has 0 saturated carbocycles. The quantitative estimate of drug-likeness (QED) is 0.757. The molecule has 0 aliphatic carbocycles. The summed E-state index contributed by atoms with van der Waals surface area (Å²) in [6.45, 7) is 3.94. The summed E-state index contributed by atoms with van der Waals surface area (Å²) < 4.78 is 0.891. The smallest absolute Gasteiger partial charge is 0.232 e. The Bertz CT molecular complexity index is 638. The van der Waals surface area contributed by atoms with Crippen molar-refractivity contribution in [3.63, 3.8) is 0 Å². The van der Waals surface area contributed by atoms with Crippen LogP contribution in [0.3, 0.4) is 0 Å². The number of carbonyl (C=O) groups is 1. The van der Waals surface area contributed by atoms with Gasteiger partial charge in [-0.05, 0) is 33.6 Å². The van der Waals surface area contributed by atoms with E-state index in [1.165, 1.54) is 0 Å². The molecular formula is C18H19BrN2O. The third-order valence-electron chi connectivity index (χ3n) is 3.57. The molecule has 0 aliphatic rings. The van der Waals surface area contributed by atoms with Crippen LogP contribution in [0.25, 0.3) is 0 Å². The Morgan fingerprint density at radius 2 is 1.91 bits per heavy atom. The van der Waals surface area contributed by atoms with Crippen LogP contribution in [0.4, 0.5) is 0 Å². The molecule has 22 heavy (non-hydrogen) atoms. The lowest BCUT2D eigenvalue weighted by Crippen LogP contribution is -2.32. The molecular weight excluding hydrogens is 340 g/mol. The van der Waals surface area contributed by atoms with Crippen LogP contribution >= 0.6 is 15.9 Å². The molecule has 1 aromatic heterocycles. The van der Waals surface area contributed by atoms with E-state index in [9.17, 15) is 4.79 Å². The minimum Gasteiger partial charge on any atom is -0.348 e. The van der Waals surface area contributed by atoms with Gasteiger partial charge in [0.05, 0.1) is 11.6 Å². The van der Waals surface area contributed by atoms with Gasteiger partial charge >= 0.3 is 0 Å². The molecule has 2 atom stereocenters. The van der Waals surface area contributed by atoms with Gasteiger partial charge in [-0.15, -0.1) is 6.58 Å². The number of likely N-dealkylation sites (N-methyl/N-ethyl adjacent to an activating group) is 1. The number of hydrogen-bond donors (Lipinski definition) is 0. The van der Waals surface area contributed by atoms with Gasteiger partial charge in [0.15, 0.2) is 0 Å². The van der Waals surface area contributed by atoms with Crippen molar-refractivity contribution in [1.29, 1.82) is 0 Å². The number of hydrogen-bond acceptors (Lipinski definition) is 2. The summed E-state index contributed by atoms with van der Waals surface area (Å²) in [5.41, 5.74) is 1.80. The van der Waals surface area contributed by atoms with Gasteiger partial charge in [-0.25, -0.2) is 0 Å². The molecule has 4 heteroatoms. The molecule has 1 amide bonds. The number of rotatable bonds is 5. The van der Waals surface area contributed by atoms with Crippen molar-refractivity contribution >= 4 is 21.8 Å². The van der Waals surface area contributed by atoms with Crippen LogP contribution in [0.2, 0.25) is 0 Å². The minimum atomic E-state index is -0.386. The predicted octanol–water partition coefficient (Wildman–Crippen LogP) is 3.99. The van der Waals surface area contributed by atoms with Crippen molar-refractivity contribution in [3.05, 3.63) is 77.0 Å². The Labute approximate surface area is 139 Å². The first kappa shape index (κ1) is 16.4. The number of allylic oxidation sites excluding steroid dienone is 1. The molecule has 0 fully saturated rings. The van der Waals surface area contributed by atoms with Crippen LogP contribution in [0.5, 0.6) is 0 Å². The third kappa shape index (κ3) is 3.63. The summed E-state index contributed by atoms with van der Waals surface area (Å²) in [6.07, 6.45) is 3.54. The number of halogens is 1. The molecule has 0 N–H and O–H groups in total. The number of amides is 1. The van der Waals surface area contributed by atoms with Gasteiger partial charge in [-0.1, -0.05) is 36.4 Å². The first-order valence-corrected chi connectivity index (χ1v) is 7.84. The van der Waals surface area contributed by atoms with Crippen molar-refractivity contribution in [2.24, 2.45) is 0 Å². The minimum absolute atomic E-state index is 0.0172. The average Bonchev–Trinajstić information content (AvgIpc) is 2.53. The van der Waals surface area contributed by atoms with Gasteiger partial charge in [0.2, 0.25) is 5.91 Å². The zero-order valence-corrected chi connectivity index (χ0v) is 14.3. The van der Waals surface area contributed by atoms with Gasteiger partial charge in [0.25, 0.3) is 0 Å². The Kier molecular flexibility index (Phi) is 5.50. The molecule has 0 bridgehead atoms. The zero-order chi connectivity index (χ0) is 16.1. The number of aromatic nitrogens is 1. The lowest BCUT2D eigenvalue weighted by atomic mass is 9.82. The molecule has 1 aromatic carbocycles. The van der Waals surface area contributed by atoms with E-state index in [1.54, 1.807) is 25.2 Å². The normalized spacial score (nSPS) is 13.2. The van der Waals surface area contributed by atoms with E-state index in [4.69, 9.17) is 0 Å². The Hall–Kier alpha value is -1.94. The maximum absolute atomic E-state index is 12.7. The summed E-state index contributed by atoms with van der Waals surface area (Å²) in [6, 6.07) is 13.7. The highest BCUT2D eigenvalue weighted by Gasteiger charge is 2.31. The molecule has 0 aliphatic heterocycles. The average molecular weight is 359 g/mol. The van der Waals surface area contributed by atoms with E-state index < -0.39 is 0 Å². The van der Waals surface area contributed by atoms with Gasteiger partial charge in [0.1, 0.15) is 0 Å². The van der Waals surface area contributed by atoms with Gasteiger partial charge in [-0.2, -0.15) is 0 Å². The van der Waals surface area contributed by atoms with Crippen molar-refractivity contribution in [3.8, 4) is 0 Å². The highest BCUT2D eigenvalue weighted by atomic mass is 79.9. The first-order valence-electron chi connectivity index (χ1n) is 7.04. The second kappa shape index (κ2) is 7.36. The highest BCUT2D eigenvalue weighted by molar-refractivity contribution is 9.10. The number of pyridine rings is 1. The van der Waals surface area contributed by atoms with Crippen molar-refractivity contribution in [2.45, 2.75) is 11.8 Å². The molecule has 0 spiro atoms. The molecule has 2 aromatic rings. The molecule has 1 heterocycles. The maximum Gasteiger partial charge on any atom is 0.232 e. The van der Waals surface area contributed by atoms with E-state index in [0.717, 1.165) is 15.7 Å². The molecule has 114 valence electrons. The van der Waals surface area contributed by atoms with Crippen molar-refractivity contribution < 1.29 is 4.79 Å². The van der Waals surface area contributed by atoms with Crippen molar-refractivity contribution in [2.75, 3.05) is 14.1 Å². The monoisotopic (exact) mass is 358 g/mol. The molecule has 0 saturated heterocycles. The van der Waals surface area contributed by atoms with E-state index in [-0.39, 0.29) is 17.7 Å². The molecule has 0 radical (unpaired) electrons. The largest absolute Gasteiger partial charge is 0.348 e. The van der Waals surface area contributed by atoms with Gasteiger partial charge < -0.3 is 4.90 Å². The van der Waals surface area contributed by atoms with Crippen LogP contribution in [0.1, 0.15) is 23.1 Å². The number of nitrogens with zero attached hydrogens (tertiary/aromatic N) is 2. The molecule has 0 unspecified atom stereocenters. The lowest BCUT2D eigenvalue weighted by molar-refractivity contribution is -0.130. The Morgan fingerprint density at radius 3 is 2.41 bits per heavy atom. The van der Waals surface area contributed by atoms with Crippen LogP contribution in [0, 0.1) is 0 Å². The fraction of sp³-hybridized carbons (Fsp3) is 0.222. The SMILES string of the molecule is C=C[C@@H](c1ccccc1)[C@H](C(=O)N(C)C)c1ccc(Br)cn1. The molecule has 3 nitrogen and oxygen atoms in total. The summed E-state index contributed by atoms with van der Waals surface area (Å²) >= 11 is 3.38. The topological polar surface area (TPSA) is 33.2 Å². The second-order valence-corrected chi connectivity index (χ2v) is 6.20. The zero-order valence-electron chi connectivity index (χ0n) is 12.7. The van der Waals surface area contributed by atoms with E-state index in [0.29, 0.717) is 0 Å². The summed E-state index contributed by atoms with van der Waals surface area (Å²) in [5.74, 6) is -0.489. The summed E-state index contributed by atoms with van der Waals surface area (Å²) in [4.78, 5) is 18.8. The second-order valence-electron chi connectivity index (χ2n) is 5.28. The maximum atomic E-state index is 12.7. The Balaban J connectivity index is 2.49. The fourth-order valence-corrected chi connectivity index (χ4v) is 2.69. The number of carbonyl (C=O) groups excluding carboxylic acids is 1. The third-order valence-corrected chi connectivity index (χ3v) is 4.04. The van der Waals surface area contributed by atoms with Crippen LogP contribution in [-0.4, -0.2) is 29.9 Å². The predicted molar refractivity (Wildman–Crippen MR) is 92.8 cm³/mol. The van der Waals surface area contributed by atoms with Gasteiger partial charge in [0, 0.05) is 30.7 Å². The fourth-order valence-electron chi connectivity index (χ4n) is 2.45. The van der Waals surface area contributed by atoms with Crippen molar-refractivity contribution in [1.82, 2.24) is 9.88 Å². The number of benzene rings is 1. The van der Waals surface area contributed by atoms with Crippen LogP contribution < -0.4 is 0 Å².